The van der Waals surface area contributed by atoms with E-state index in [0.717, 1.165) is 30.6 Å². The third-order valence-corrected chi connectivity index (χ3v) is 7.41. The van der Waals surface area contributed by atoms with Crippen molar-refractivity contribution in [1.29, 1.82) is 0 Å². The maximum absolute atomic E-state index is 12.7. The van der Waals surface area contributed by atoms with Crippen molar-refractivity contribution in [2.45, 2.75) is 23.0 Å². The largest absolute Gasteiger partial charge is 0.486 e. The van der Waals surface area contributed by atoms with Gasteiger partial charge in [-0.2, -0.15) is 0 Å². The number of hydrogen-bond donors (Lipinski definition) is 0. The summed E-state index contributed by atoms with van der Waals surface area (Å²) in [5, 5.41) is 4.03. The van der Waals surface area contributed by atoms with E-state index >= 15 is 0 Å². The molecule has 0 spiro atoms. The predicted octanol–water partition coefficient (Wildman–Crippen LogP) is 1.50. The Kier molecular flexibility index (Phi) is 5.59. The molecular weight excluding hydrogens is 418 g/mol. The SMILES string of the molecule is CS(=O)(=O)c1snnc1C1CCCN(C(=O)COc2ccc3c(c2)OCCO3)C1. The summed E-state index contributed by atoms with van der Waals surface area (Å²) in [6.45, 7) is 1.88. The lowest BCUT2D eigenvalue weighted by Crippen LogP contribution is -2.41. The molecule has 1 saturated heterocycles. The number of amides is 1. The van der Waals surface area contributed by atoms with E-state index in [2.05, 4.69) is 9.59 Å². The van der Waals surface area contributed by atoms with Gasteiger partial charge >= 0.3 is 0 Å². The summed E-state index contributed by atoms with van der Waals surface area (Å²) in [7, 11) is -3.39. The summed E-state index contributed by atoms with van der Waals surface area (Å²) < 4.78 is 44.5. The highest BCUT2D eigenvalue weighted by atomic mass is 32.2. The number of nitrogens with zero attached hydrogens (tertiary/aromatic N) is 3. The number of piperidine rings is 1. The maximum Gasteiger partial charge on any atom is 0.260 e. The number of carbonyl (C=O) groups is 1. The molecule has 1 amide bonds. The third kappa shape index (κ3) is 4.45. The zero-order valence-corrected chi connectivity index (χ0v) is 17.5. The Labute approximate surface area is 172 Å². The van der Waals surface area contributed by atoms with Gasteiger partial charge in [0.05, 0.1) is 5.69 Å². The Bertz CT molecular complexity index is 1010. The first kappa shape index (κ1) is 19.9. The molecule has 2 aromatic rings. The van der Waals surface area contributed by atoms with Crippen molar-refractivity contribution >= 4 is 27.3 Å². The van der Waals surface area contributed by atoms with Gasteiger partial charge in [-0.15, -0.1) is 5.10 Å². The lowest BCUT2D eigenvalue weighted by atomic mass is 9.95. The average molecular weight is 440 g/mol. The number of aromatic nitrogens is 2. The molecule has 1 atom stereocenters. The van der Waals surface area contributed by atoms with E-state index in [-0.39, 0.29) is 22.6 Å². The van der Waals surface area contributed by atoms with Gasteiger partial charge in [0.2, 0.25) is 0 Å². The van der Waals surface area contributed by atoms with Crippen molar-refractivity contribution in [1.82, 2.24) is 14.5 Å². The second-order valence-electron chi connectivity index (χ2n) is 6.99. The van der Waals surface area contributed by atoms with E-state index in [1.807, 2.05) is 0 Å². The fourth-order valence-electron chi connectivity index (χ4n) is 3.47. The van der Waals surface area contributed by atoms with Gasteiger partial charge in [0.1, 0.15) is 19.0 Å². The van der Waals surface area contributed by atoms with Crippen LogP contribution in [0.2, 0.25) is 0 Å². The summed E-state index contributed by atoms with van der Waals surface area (Å²) in [4.78, 5) is 14.3. The van der Waals surface area contributed by atoms with Gasteiger partial charge in [-0.3, -0.25) is 4.79 Å². The predicted molar refractivity (Wildman–Crippen MR) is 105 cm³/mol. The molecule has 156 valence electrons. The lowest BCUT2D eigenvalue weighted by Gasteiger charge is -2.32. The summed E-state index contributed by atoms with van der Waals surface area (Å²) in [5.41, 5.74) is 0.461. The van der Waals surface area contributed by atoms with Crippen LogP contribution in [-0.4, -0.2) is 68.0 Å². The van der Waals surface area contributed by atoms with Gasteiger partial charge in [-0.1, -0.05) is 4.49 Å². The molecule has 3 heterocycles. The number of sulfone groups is 1. The number of hydrogen-bond acceptors (Lipinski definition) is 9. The molecule has 0 bridgehead atoms. The molecule has 1 aromatic heterocycles. The zero-order valence-electron chi connectivity index (χ0n) is 15.9. The van der Waals surface area contributed by atoms with Gasteiger partial charge < -0.3 is 19.1 Å². The van der Waals surface area contributed by atoms with Crippen LogP contribution in [0.25, 0.3) is 0 Å². The molecule has 2 aliphatic heterocycles. The molecule has 0 radical (unpaired) electrons. The van der Waals surface area contributed by atoms with Crippen molar-refractivity contribution < 1.29 is 27.4 Å². The summed E-state index contributed by atoms with van der Waals surface area (Å²) >= 11 is 0.879. The first-order valence-corrected chi connectivity index (χ1v) is 11.9. The quantitative estimate of drug-likeness (QED) is 0.690. The lowest BCUT2D eigenvalue weighted by molar-refractivity contribution is -0.134. The monoisotopic (exact) mass is 439 g/mol. The van der Waals surface area contributed by atoms with Crippen LogP contribution in [0, 0.1) is 0 Å². The molecule has 1 unspecified atom stereocenters. The highest BCUT2D eigenvalue weighted by Gasteiger charge is 2.31. The number of rotatable bonds is 5. The fraction of sp³-hybridized carbons (Fsp3) is 0.500. The molecule has 9 nitrogen and oxygen atoms in total. The van der Waals surface area contributed by atoms with E-state index in [1.165, 1.54) is 0 Å². The summed E-state index contributed by atoms with van der Waals surface area (Å²) in [5.74, 6) is 1.48. The van der Waals surface area contributed by atoms with Crippen LogP contribution in [0.15, 0.2) is 22.4 Å². The Hall–Kier alpha value is -2.40. The fourth-order valence-corrected chi connectivity index (χ4v) is 5.20. The van der Waals surface area contributed by atoms with Gasteiger partial charge in [0, 0.05) is 42.9 Å². The van der Waals surface area contributed by atoms with Crippen LogP contribution in [0.3, 0.4) is 0 Å². The van der Waals surface area contributed by atoms with Crippen molar-refractivity contribution in [2.24, 2.45) is 0 Å². The van der Waals surface area contributed by atoms with Crippen LogP contribution in [0.5, 0.6) is 17.2 Å². The van der Waals surface area contributed by atoms with Gasteiger partial charge in [-0.25, -0.2) is 8.42 Å². The van der Waals surface area contributed by atoms with Crippen LogP contribution >= 0.6 is 11.5 Å². The van der Waals surface area contributed by atoms with Gasteiger partial charge in [0.15, 0.2) is 32.2 Å². The van der Waals surface area contributed by atoms with E-state index < -0.39 is 9.84 Å². The first-order valence-electron chi connectivity index (χ1n) is 9.24. The van der Waals surface area contributed by atoms with Crippen LogP contribution in [0.1, 0.15) is 24.5 Å². The van der Waals surface area contributed by atoms with Crippen LogP contribution in [0.4, 0.5) is 0 Å². The Morgan fingerprint density at radius 3 is 2.90 bits per heavy atom. The maximum atomic E-state index is 12.7. The molecule has 1 fully saturated rings. The molecule has 11 heteroatoms. The molecule has 0 aliphatic carbocycles. The Morgan fingerprint density at radius 1 is 1.31 bits per heavy atom. The normalized spacial score (nSPS) is 19.1. The zero-order chi connectivity index (χ0) is 20.4. The van der Waals surface area contributed by atoms with Crippen molar-refractivity contribution in [3.05, 3.63) is 23.9 Å². The highest BCUT2D eigenvalue weighted by Crippen LogP contribution is 2.34. The number of carbonyl (C=O) groups excluding carboxylic acids is 1. The van der Waals surface area contributed by atoms with E-state index in [9.17, 15) is 13.2 Å². The van der Waals surface area contributed by atoms with Crippen LogP contribution in [-0.2, 0) is 14.6 Å². The minimum atomic E-state index is -3.39. The van der Waals surface area contributed by atoms with E-state index in [1.54, 1.807) is 23.1 Å². The van der Waals surface area contributed by atoms with Crippen LogP contribution < -0.4 is 14.2 Å². The number of fused-ring (bicyclic) bond motifs is 1. The number of benzene rings is 1. The number of likely N-dealkylation sites (tertiary alicyclic amines) is 1. The summed E-state index contributed by atoms with van der Waals surface area (Å²) in [6.07, 6.45) is 2.68. The van der Waals surface area contributed by atoms with Gasteiger partial charge in [-0.05, 0) is 25.0 Å². The Morgan fingerprint density at radius 2 is 2.10 bits per heavy atom. The topological polar surface area (TPSA) is 108 Å². The minimum absolute atomic E-state index is 0.111. The minimum Gasteiger partial charge on any atom is -0.486 e. The standard InChI is InChI=1S/C18H21N3O6S2/c1-29(23,24)18-17(19-20-28-18)12-3-2-6-21(10-12)16(22)11-27-13-4-5-14-15(9-13)26-8-7-25-14/h4-5,9,12H,2-3,6-8,10-11H2,1H3. The molecular formula is C18H21N3O6S2. The second kappa shape index (κ2) is 8.15. The van der Waals surface area contributed by atoms with E-state index in [4.69, 9.17) is 14.2 Å². The van der Waals surface area contributed by atoms with Gasteiger partial charge in [0.25, 0.3) is 5.91 Å². The molecule has 4 rings (SSSR count). The third-order valence-electron chi connectivity index (χ3n) is 4.85. The van der Waals surface area contributed by atoms with Crippen molar-refractivity contribution in [3.63, 3.8) is 0 Å². The second-order valence-corrected chi connectivity index (χ2v) is 9.96. The first-order chi connectivity index (χ1) is 13.9. The molecule has 0 N–H and O–H groups in total. The van der Waals surface area contributed by atoms with E-state index in [0.29, 0.717) is 49.2 Å². The molecule has 29 heavy (non-hydrogen) atoms. The number of ether oxygens (including phenoxy) is 3. The summed E-state index contributed by atoms with van der Waals surface area (Å²) in [6, 6.07) is 5.20. The molecule has 1 aromatic carbocycles. The smallest absolute Gasteiger partial charge is 0.260 e. The average Bonchev–Trinajstić information content (AvgIpc) is 3.22. The molecule has 2 aliphatic rings. The Balaban J connectivity index is 1.39. The molecule has 0 saturated carbocycles. The van der Waals surface area contributed by atoms with Crippen molar-refractivity contribution in [2.75, 3.05) is 39.2 Å². The van der Waals surface area contributed by atoms with Crippen molar-refractivity contribution in [3.8, 4) is 17.2 Å². The highest BCUT2D eigenvalue weighted by molar-refractivity contribution is 7.92.